The van der Waals surface area contributed by atoms with E-state index in [2.05, 4.69) is 0 Å². The average Bonchev–Trinajstić information content (AvgIpc) is 1.87. The highest BCUT2D eigenvalue weighted by atomic mass is 35.5. The fraction of sp³-hybridized carbons (Fsp3) is 0.333. The highest BCUT2D eigenvalue weighted by molar-refractivity contribution is 8.09. The molecule has 0 N–H and O–H groups in total. The fourth-order valence-electron chi connectivity index (χ4n) is 0.211. The second-order valence-electron chi connectivity index (χ2n) is 1.29. The predicted octanol–water partition coefficient (Wildman–Crippen LogP) is 3.92. The molecule has 0 unspecified atom stereocenters. The minimum atomic E-state index is 0.707. The predicted molar refractivity (Wildman–Crippen MR) is 46.8 cm³/mol. The van der Waals surface area contributed by atoms with E-state index in [9.17, 15) is 0 Å². The van der Waals surface area contributed by atoms with Crippen molar-refractivity contribution in [2.24, 2.45) is 0 Å². The topological polar surface area (TPSA) is 0 Å². The SMILES string of the molecule is CC=C(Cl)SC(Cl)=CC. The average molecular weight is 183 g/mol. The van der Waals surface area contributed by atoms with Gasteiger partial charge in [0.15, 0.2) is 0 Å². The van der Waals surface area contributed by atoms with E-state index in [4.69, 9.17) is 23.2 Å². The van der Waals surface area contributed by atoms with Gasteiger partial charge in [-0.1, -0.05) is 47.1 Å². The summed E-state index contributed by atoms with van der Waals surface area (Å²) in [7, 11) is 0. The molecule has 3 heteroatoms. The van der Waals surface area contributed by atoms with Crippen LogP contribution in [0.2, 0.25) is 0 Å². The molecule has 0 heterocycles. The summed E-state index contributed by atoms with van der Waals surface area (Å²) in [6.07, 6.45) is 3.61. The largest absolute Gasteiger partial charge is 0.0767 e. The molecule has 9 heavy (non-hydrogen) atoms. The molecule has 0 radical (unpaired) electrons. The van der Waals surface area contributed by atoms with Crippen LogP contribution in [0.15, 0.2) is 20.9 Å². The summed E-state index contributed by atoms with van der Waals surface area (Å²) in [5.41, 5.74) is 0. The van der Waals surface area contributed by atoms with Gasteiger partial charge in [0.1, 0.15) is 0 Å². The van der Waals surface area contributed by atoms with Gasteiger partial charge in [0.2, 0.25) is 0 Å². The van der Waals surface area contributed by atoms with Gasteiger partial charge in [-0.15, -0.1) is 0 Å². The first-order chi connectivity index (χ1) is 4.20. The monoisotopic (exact) mass is 182 g/mol. The molecule has 0 aliphatic rings. The molecule has 0 saturated heterocycles. The summed E-state index contributed by atoms with van der Waals surface area (Å²) < 4.78 is 1.41. The lowest BCUT2D eigenvalue weighted by Crippen LogP contribution is -1.60. The molecule has 0 amide bonds. The maximum Gasteiger partial charge on any atom is 0.0748 e. The van der Waals surface area contributed by atoms with Gasteiger partial charge in [-0.25, -0.2) is 0 Å². The summed E-state index contributed by atoms with van der Waals surface area (Å²) in [5, 5.41) is 0. The Morgan fingerprint density at radius 3 is 1.67 bits per heavy atom. The smallest absolute Gasteiger partial charge is 0.0748 e. The lowest BCUT2D eigenvalue weighted by Gasteiger charge is -1.92. The summed E-state index contributed by atoms with van der Waals surface area (Å²) in [5.74, 6) is 0. The maximum absolute atomic E-state index is 5.64. The lowest BCUT2D eigenvalue weighted by atomic mass is 10.8. The van der Waals surface area contributed by atoms with E-state index in [1.54, 1.807) is 12.2 Å². The lowest BCUT2D eigenvalue weighted by molar-refractivity contribution is 1.75. The highest BCUT2D eigenvalue weighted by Crippen LogP contribution is 2.30. The quantitative estimate of drug-likeness (QED) is 0.625. The second-order valence-corrected chi connectivity index (χ2v) is 3.63. The third-order valence-corrected chi connectivity index (χ3v) is 2.41. The van der Waals surface area contributed by atoms with Crippen molar-refractivity contribution in [3.63, 3.8) is 0 Å². The summed E-state index contributed by atoms with van der Waals surface area (Å²) in [6.45, 7) is 3.74. The molecular weight excluding hydrogens is 175 g/mol. The van der Waals surface area contributed by atoms with E-state index in [1.165, 1.54) is 11.8 Å². The minimum absolute atomic E-state index is 0.707. The third kappa shape index (κ3) is 4.89. The van der Waals surface area contributed by atoms with E-state index in [0.717, 1.165) is 0 Å². The second kappa shape index (κ2) is 5.21. The van der Waals surface area contributed by atoms with Gasteiger partial charge in [-0.2, -0.15) is 0 Å². The Morgan fingerprint density at radius 2 is 1.44 bits per heavy atom. The maximum atomic E-state index is 5.64. The van der Waals surface area contributed by atoms with Crippen molar-refractivity contribution in [3.05, 3.63) is 20.9 Å². The van der Waals surface area contributed by atoms with Crippen LogP contribution < -0.4 is 0 Å². The number of allylic oxidation sites excluding steroid dienone is 2. The molecule has 0 bridgehead atoms. The van der Waals surface area contributed by atoms with E-state index in [1.807, 2.05) is 13.8 Å². The van der Waals surface area contributed by atoms with Crippen LogP contribution in [-0.2, 0) is 0 Å². The zero-order valence-corrected chi connectivity index (χ0v) is 7.65. The fourth-order valence-corrected chi connectivity index (χ4v) is 1.25. The Morgan fingerprint density at radius 1 is 1.11 bits per heavy atom. The molecule has 0 spiro atoms. The molecular formula is C6H8Cl2S. The molecule has 0 rings (SSSR count). The van der Waals surface area contributed by atoms with Crippen molar-refractivity contribution in [1.82, 2.24) is 0 Å². The zero-order chi connectivity index (χ0) is 7.28. The Labute approximate surface area is 69.9 Å². The van der Waals surface area contributed by atoms with Gasteiger partial charge in [0, 0.05) is 0 Å². The third-order valence-electron chi connectivity index (χ3n) is 0.649. The van der Waals surface area contributed by atoms with Crippen molar-refractivity contribution in [2.45, 2.75) is 13.8 Å². The van der Waals surface area contributed by atoms with Gasteiger partial charge in [0.05, 0.1) is 8.73 Å². The van der Waals surface area contributed by atoms with Crippen LogP contribution >= 0.6 is 35.0 Å². The molecule has 52 valence electrons. The number of thioether (sulfide) groups is 1. The normalized spacial score (nSPS) is 14.2. The van der Waals surface area contributed by atoms with Gasteiger partial charge < -0.3 is 0 Å². The molecule has 0 fully saturated rings. The summed E-state index contributed by atoms with van der Waals surface area (Å²) in [6, 6.07) is 0. The van der Waals surface area contributed by atoms with Gasteiger partial charge >= 0.3 is 0 Å². The van der Waals surface area contributed by atoms with Crippen LogP contribution in [0.25, 0.3) is 0 Å². The van der Waals surface area contributed by atoms with Crippen LogP contribution in [0.3, 0.4) is 0 Å². The Hall–Kier alpha value is 0.410. The Kier molecular flexibility index (Phi) is 5.45. The highest BCUT2D eigenvalue weighted by Gasteiger charge is 1.93. The van der Waals surface area contributed by atoms with Crippen LogP contribution in [0.1, 0.15) is 13.8 Å². The first-order valence-electron chi connectivity index (χ1n) is 2.52. The number of hydrogen-bond acceptors (Lipinski definition) is 1. The van der Waals surface area contributed by atoms with E-state index in [-0.39, 0.29) is 0 Å². The van der Waals surface area contributed by atoms with Crippen molar-refractivity contribution in [3.8, 4) is 0 Å². The van der Waals surface area contributed by atoms with Crippen LogP contribution in [-0.4, -0.2) is 0 Å². The Bertz CT molecular complexity index is 122. The molecule has 0 aromatic heterocycles. The van der Waals surface area contributed by atoms with Crippen molar-refractivity contribution in [1.29, 1.82) is 0 Å². The number of halogens is 2. The van der Waals surface area contributed by atoms with Gasteiger partial charge in [-0.3, -0.25) is 0 Å². The van der Waals surface area contributed by atoms with Crippen LogP contribution in [0.5, 0.6) is 0 Å². The Balaban J connectivity index is 3.75. The van der Waals surface area contributed by atoms with E-state index in [0.29, 0.717) is 8.73 Å². The van der Waals surface area contributed by atoms with Gasteiger partial charge in [-0.05, 0) is 13.8 Å². The first-order valence-corrected chi connectivity index (χ1v) is 4.09. The number of hydrogen-bond donors (Lipinski definition) is 0. The summed E-state index contributed by atoms with van der Waals surface area (Å²) >= 11 is 12.6. The molecule has 0 aromatic carbocycles. The molecule has 0 atom stereocenters. The molecule has 0 saturated carbocycles. The van der Waals surface area contributed by atoms with Crippen molar-refractivity contribution in [2.75, 3.05) is 0 Å². The minimum Gasteiger partial charge on any atom is -0.0767 e. The molecule has 0 nitrogen and oxygen atoms in total. The van der Waals surface area contributed by atoms with Crippen LogP contribution in [0.4, 0.5) is 0 Å². The van der Waals surface area contributed by atoms with Gasteiger partial charge in [0.25, 0.3) is 0 Å². The summed E-state index contributed by atoms with van der Waals surface area (Å²) in [4.78, 5) is 0. The van der Waals surface area contributed by atoms with E-state index >= 15 is 0 Å². The molecule has 0 aliphatic heterocycles. The standard InChI is InChI=1S/C6H8Cl2S/c1-3-5(7)9-6(8)4-2/h3-4H,1-2H3. The van der Waals surface area contributed by atoms with Crippen LogP contribution in [0, 0.1) is 0 Å². The molecule has 0 aliphatic carbocycles. The molecule has 0 aromatic rings. The van der Waals surface area contributed by atoms with Crippen molar-refractivity contribution >= 4 is 35.0 Å². The zero-order valence-electron chi connectivity index (χ0n) is 5.32. The van der Waals surface area contributed by atoms with E-state index < -0.39 is 0 Å². The number of rotatable bonds is 2. The first kappa shape index (κ1) is 9.41. The van der Waals surface area contributed by atoms with Crippen molar-refractivity contribution < 1.29 is 0 Å².